The summed E-state index contributed by atoms with van der Waals surface area (Å²) in [6.45, 7) is 1.89. The lowest BCUT2D eigenvalue weighted by Gasteiger charge is -2.33. The molecule has 1 saturated heterocycles. The lowest BCUT2D eigenvalue weighted by atomic mass is 9.92. The van der Waals surface area contributed by atoms with Gasteiger partial charge in [0.1, 0.15) is 0 Å². The molecule has 0 aromatic heterocycles. The molecule has 5 heteroatoms. The molecule has 0 spiro atoms. The Morgan fingerprint density at radius 3 is 2.38 bits per heavy atom. The number of piperidine rings is 1. The number of hydrogen-bond donors (Lipinski definition) is 1. The Morgan fingerprint density at radius 2 is 1.86 bits per heavy atom. The van der Waals surface area contributed by atoms with Crippen LogP contribution in [0.1, 0.15) is 36.0 Å². The predicted molar refractivity (Wildman–Crippen MR) is 79.6 cm³/mol. The third kappa shape index (κ3) is 4.21. The van der Waals surface area contributed by atoms with Crippen LogP contribution in [0.3, 0.4) is 0 Å². The van der Waals surface area contributed by atoms with Crippen molar-refractivity contribution < 1.29 is 19.4 Å². The van der Waals surface area contributed by atoms with Crippen molar-refractivity contribution in [3.05, 3.63) is 29.8 Å². The Labute approximate surface area is 124 Å². The fourth-order valence-electron chi connectivity index (χ4n) is 2.72. The first-order valence-electron chi connectivity index (χ1n) is 7.25. The van der Waals surface area contributed by atoms with Gasteiger partial charge in [0.05, 0.1) is 12.7 Å². The van der Waals surface area contributed by atoms with E-state index < -0.39 is 5.97 Å². The number of ether oxygens (including phenoxy) is 1. The number of carbonyl (C=O) groups is 2. The molecule has 1 aliphatic heterocycles. The molecule has 0 atom stereocenters. The van der Waals surface area contributed by atoms with E-state index in [9.17, 15) is 9.59 Å². The van der Waals surface area contributed by atoms with E-state index in [-0.39, 0.29) is 5.97 Å². The van der Waals surface area contributed by atoms with Crippen LogP contribution < -0.4 is 4.90 Å². The minimum absolute atomic E-state index is 0.137. The van der Waals surface area contributed by atoms with Gasteiger partial charge in [0, 0.05) is 25.2 Å². The van der Waals surface area contributed by atoms with Gasteiger partial charge in [-0.2, -0.15) is 0 Å². The Balaban J connectivity index is 1.83. The van der Waals surface area contributed by atoms with E-state index in [1.54, 1.807) is 12.1 Å². The van der Waals surface area contributed by atoms with Gasteiger partial charge in [-0.15, -0.1) is 0 Å². The number of nitrogens with zero attached hydrogens (tertiary/aromatic N) is 1. The van der Waals surface area contributed by atoms with E-state index in [1.165, 1.54) is 7.11 Å². The minimum Gasteiger partial charge on any atom is -0.478 e. The number of aromatic carboxylic acids is 1. The molecule has 21 heavy (non-hydrogen) atoms. The number of hydrogen-bond acceptors (Lipinski definition) is 4. The number of benzene rings is 1. The lowest BCUT2D eigenvalue weighted by molar-refractivity contribution is -0.141. The van der Waals surface area contributed by atoms with Crippen molar-refractivity contribution in [1.82, 2.24) is 0 Å². The second-order valence-corrected chi connectivity index (χ2v) is 5.40. The van der Waals surface area contributed by atoms with Crippen LogP contribution in [-0.4, -0.2) is 37.2 Å². The molecule has 1 aromatic rings. The highest BCUT2D eigenvalue weighted by Crippen LogP contribution is 2.26. The van der Waals surface area contributed by atoms with E-state index >= 15 is 0 Å². The van der Waals surface area contributed by atoms with Gasteiger partial charge in [-0.05, 0) is 49.4 Å². The second kappa shape index (κ2) is 7.11. The number of carboxylic acid groups (broad SMARTS) is 1. The number of methoxy groups -OCH3 is 1. The zero-order valence-corrected chi connectivity index (χ0v) is 12.2. The normalized spacial score (nSPS) is 15.8. The molecular weight excluding hydrogens is 270 g/mol. The number of rotatable bonds is 5. The van der Waals surface area contributed by atoms with Crippen LogP contribution in [0.2, 0.25) is 0 Å². The van der Waals surface area contributed by atoms with Crippen molar-refractivity contribution >= 4 is 17.6 Å². The summed E-state index contributed by atoms with van der Waals surface area (Å²) in [7, 11) is 1.42. The van der Waals surface area contributed by atoms with Gasteiger partial charge in [0.15, 0.2) is 0 Å². The van der Waals surface area contributed by atoms with Gasteiger partial charge in [0.2, 0.25) is 0 Å². The zero-order valence-electron chi connectivity index (χ0n) is 12.2. The summed E-state index contributed by atoms with van der Waals surface area (Å²) < 4.78 is 4.66. The average Bonchev–Trinajstić information content (AvgIpc) is 2.53. The van der Waals surface area contributed by atoms with Crippen LogP contribution in [0, 0.1) is 5.92 Å². The van der Waals surface area contributed by atoms with Crippen molar-refractivity contribution in [1.29, 1.82) is 0 Å². The maximum absolute atomic E-state index is 11.1. The van der Waals surface area contributed by atoms with Crippen molar-refractivity contribution in [3.8, 4) is 0 Å². The Kier molecular flexibility index (Phi) is 5.20. The van der Waals surface area contributed by atoms with Crippen molar-refractivity contribution in [2.24, 2.45) is 5.92 Å². The summed E-state index contributed by atoms with van der Waals surface area (Å²) >= 11 is 0. The number of carbonyl (C=O) groups excluding carboxylic acids is 1. The van der Waals surface area contributed by atoms with Gasteiger partial charge >= 0.3 is 11.9 Å². The van der Waals surface area contributed by atoms with E-state index in [1.807, 2.05) is 12.1 Å². The molecule has 0 unspecified atom stereocenters. The van der Waals surface area contributed by atoms with E-state index in [0.29, 0.717) is 17.9 Å². The summed E-state index contributed by atoms with van der Waals surface area (Å²) in [4.78, 5) is 24.2. The largest absolute Gasteiger partial charge is 0.478 e. The molecule has 1 aliphatic rings. The highest BCUT2D eigenvalue weighted by Gasteiger charge is 2.20. The van der Waals surface area contributed by atoms with E-state index in [0.717, 1.165) is 38.0 Å². The molecule has 0 radical (unpaired) electrons. The zero-order chi connectivity index (χ0) is 15.2. The smallest absolute Gasteiger partial charge is 0.335 e. The maximum atomic E-state index is 11.1. The minimum atomic E-state index is -0.900. The number of carboxylic acids is 1. The van der Waals surface area contributed by atoms with Gasteiger partial charge in [-0.3, -0.25) is 4.79 Å². The highest BCUT2D eigenvalue weighted by atomic mass is 16.5. The fraction of sp³-hybridized carbons (Fsp3) is 0.500. The molecule has 1 fully saturated rings. The molecule has 0 aliphatic carbocycles. The quantitative estimate of drug-likeness (QED) is 0.844. The predicted octanol–water partition coefficient (Wildman–Crippen LogP) is 2.55. The standard InChI is InChI=1S/C16H21NO4/c1-21-15(18)7-2-12-8-10-17(11-9-12)14-5-3-13(4-6-14)16(19)20/h3-6,12H,2,7-11H2,1H3,(H,19,20). The highest BCUT2D eigenvalue weighted by molar-refractivity contribution is 5.88. The first kappa shape index (κ1) is 15.4. The lowest BCUT2D eigenvalue weighted by Crippen LogP contribution is -2.33. The molecule has 114 valence electrons. The molecule has 2 rings (SSSR count). The van der Waals surface area contributed by atoms with Crippen molar-refractivity contribution in [2.75, 3.05) is 25.1 Å². The van der Waals surface area contributed by atoms with Gasteiger partial charge in [-0.1, -0.05) is 0 Å². The summed E-state index contributed by atoms with van der Waals surface area (Å²) in [5.74, 6) is -0.469. The second-order valence-electron chi connectivity index (χ2n) is 5.40. The van der Waals surface area contributed by atoms with Crippen molar-refractivity contribution in [3.63, 3.8) is 0 Å². The van der Waals surface area contributed by atoms with Crippen LogP contribution in [0.5, 0.6) is 0 Å². The number of anilines is 1. The molecule has 1 heterocycles. The van der Waals surface area contributed by atoms with Gasteiger partial charge in [-0.25, -0.2) is 4.79 Å². The van der Waals surface area contributed by atoms with Crippen LogP contribution in [0.15, 0.2) is 24.3 Å². The van der Waals surface area contributed by atoms with Crippen LogP contribution in [0.4, 0.5) is 5.69 Å². The molecule has 1 aromatic carbocycles. The molecule has 0 amide bonds. The summed E-state index contributed by atoms with van der Waals surface area (Å²) in [5, 5.41) is 8.89. The third-order valence-corrected chi connectivity index (χ3v) is 4.08. The van der Waals surface area contributed by atoms with E-state index in [4.69, 9.17) is 5.11 Å². The average molecular weight is 291 g/mol. The Bertz CT molecular complexity index is 490. The van der Waals surface area contributed by atoms with Crippen molar-refractivity contribution in [2.45, 2.75) is 25.7 Å². The molecule has 0 saturated carbocycles. The van der Waals surface area contributed by atoms with Crippen LogP contribution >= 0.6 is 0 Å². The SMILES string of the molecule is COC(=O)CCC1CCN(c2ccc(C(=O)O)cc2)CC1. The summed E-state index contributed by atoms with van der Waals surface area (Å²) in [6, 6.07) is 7.00. The maximum Gasteiger partial charge on any atom is 0.335 e. The molecule has 5 nitrogen and oxygen atoms in total. The molecule has 1 N–H and O–H groups in total. The van der Waals surface area contributed by atoms with E-state index in [2.05, 4.69) is 9.64 Å². The molecular formula is C16H21NO4. The van der Waals surface area contributed by atoms with Crippen LogP contribution in [0.25, 0.3) is 0 Å². The fourth-order valence-corrected chi connectivity index (χ4v) is 2.72. The first-order chi connectivity index (χ1) is 10.1. The first-order valence-corrected chi connectivity index (χ1v) is 7.25. The number of esters is 1. The Morgan fingerprint density at radius 1 is 1.24 bits per heavy atom. The van der Waals surface area contributed by atoms with Gasteiger partial charge < -0.3 is 14.7 Å². The Hall–Kier alpha value is -2.04. The molecule has 0 bridgehead atoms. The topological polar surface area (TPSA) is 66.8 Å². The monoisotopic (exact) mass is 291 g/mol. The summed E-state index contributed by atoms with van der Waals surface area (Å²) in [5.41, 5.74) is 1.37. The van der Waals surface area contributed by atoms with Gasteiger partial charge in [0.25, 0.3) is 0 Å². The van der Waals surface area contributed by atoms with Crippen LogP contribution in [-0.2, 0) is 9.53 Å². The summed E-state index contributed by atoms with van der Waals surface area (Å²) in [6.07, 6.45) is 3.49. The third-order valence-electron chi connectivity index (χ3n) is 4.08.